The molecule has 0 amide bonds. The Hall–Kier alpha value is -2.09. The maximum Gasteiger partial charge on any atom is 0.205 e. The van der Waals surface area contributed by atoms with Crippen LogP contribution in [0.3, 0.4) is 0 Å². The van der Waals surface area contributed by atoms with Crippen molar-refractivity contribution < 1.29 is 17.6 Å². The second kappa shape index (κ2) is 4.73. The number of fused-ring (bicyclic) bond motifs is 1. The van der Waals surface area contributed by atoms with E-state index < -0.39 is 23.3 Å². The Labute approximate surface area is 124 Å². The molecule has 0 bridgehead atoms. The van der Waals surface area contributed by atoms with Crippen LogP contribution in [0.5, 0.6) is 0 Å². The van der Waals surface area contributed by atoms with Crippen molar-refractivity contribution in [2.24, 2.45) is 0 Å². The van der Waals surface area contributed by atoms with Crippen molar-refractivity contribution in [1.29, 1.82) is 0 Å². The Bertz CT molecular complexity index is 852. The van der Waals surface area contributed by atoms with Crippen LogP contribution >= 0.6 is 15.9 Å². The molecule has 0 saturated heterocycles. The van der Waals surface area contributed by atoms with Crippen molar-refractivity contribution in [2.75, 3.05) is 5.73 Å². The molecule has 0 aliphatic carbocycles. The second-order valence-corrected chi connectivity index (χ2v) is 5.14. The minimum atomic E-state index is -1.58. The van der Waals surface area contributed by atoms with Crippen molar-refractivity contribution >= 4 is 32.9 Å². The summed E-state index contributed by atoms with van der Waals surface area (Å²) < 4.78 is 54.5. The van der Waals surface area contributed by atoms with E-state index in [1.807, 2.05) is 0 Å². The Balaban J connectivity index is 2.34. The van der Waals surface area contributed by atoms with E-state index >= 15 is 0 Å². The standard InChI is InChI=1S/C13H6BrF4N3/c14-6-3-11-10(4-7(6)15)20-13(19)21(11)5-1-8(16)12(18)9(17)2-5/h1-4H,(H2,19,20). The van der Waals surface area contributed by atoms with E-state index in [2.05, 4.69) is 20.9 Å². The maximum atomic E-state index is 13.5. The predicted molar refractivity (Wildman–Crippen MR) is 73.0 cm³/mol. The average Bonchev–Trinajstić information content (AvgIpc) is 2.71. The van der Waals surface area contributed by atoms with Crippen LogP contribution in [0.25, 0.3) is 16.7 Å². The monoisotopic (exact) mass is 359 g/mol. The van der Waals surface area contributed by atoms with E-state index in [-0.39, 0.29) is 21.6 Å². The van der Waals surface area contributed by atoms with Gasteiger partial charge in [0.1, 0.15) is 5.82 Å². The van der Waals surface area contributed by atoms with Gasteiger partial charge in [-0.3, -0.25) is 4.57 Å². The first-order chi connectivity index (χ1) is 9.88. The van der Waals surface area contributed by atoms with Gasteiger partial charge in [0, 0.05) is 18.2 Å². The third-order valence-electron chi connectivity index (χ3n) is 2.95. The summed E-state index contributed by atoms with van der Waals surface area (Å²) >= 11 is 3.01. The molecule has 2 aromatic carbocycles. The number of imidazole rings is 1. The normalized spacial score (nSPS) is 11.3. The molecule has 0 aliphatic rings. The number of nitrogens with zero attached hydrogens (tertiary/aromatic N) is 2. The van der Waals surface area contributed by atoms with Crippen LogP contribution < -0.4 is 5.73 Å². The fourth-order valence-electron chi connectivity index (χ4n) is 2.03. The van der Waals surface area contributed by atoms with Crippen LogP contribution in [0.1, 0.15) is 0 Å². The van der Waals surface area contributed by atoms with E-state index in [1.165, 1.54) is 10.6 Å². The van der Waals surface area contributed by atoms with Gasteiger partial charge in [0.15, 0.2) is 17.5 Å². The van der Waals surface area contributed by atoms with Crippen molar-refractivity contribution in [3.8, 4) is 5.69 Å². The summed E-state index contributed by atoms with van der Waals surface area (Å²) in [6.45, 7) is 0. The summed E-state index contributed by atoms with van der Waals surface area (Å²) in [7, 11) is 0. The fourth-order valence-corrected chi connectivity index (χ4v) is 2.37. The molecule has 3 aromatic rings. The van der Waals surface area contributed by atoms with Crippen molar-refractivity contribution in [3.63, 3.8) is 0 Å². The molecule has 0 atom stereocenters. The average molecular weight is 360 g/mol. The molecule has 108 valence electrons. The van der Waals surface area contributed by atoms with E-state index in [9.17, 15) is 17.6 Å². The highest BCUT2D eigenvalue weighted by Gasteiger charge is 2.17. The molecule has 0 unspecified atom stereocenters. The zero-order chi connectivity index (χ0) is 15.3. The van der Waals surface area contributed by atoms with Gasteiger partial charge in [0.05, 0.1) is 21.2 Å². The zero-order valence-electron chi connectivity index (χ0n) is 10.2. The van der Waals surface area contributed by atoms with Gasteiger partial charge in [-0.2, -0.15) is 0 Å². The fraction of sp³-hybridized carbons (Fsp3) is 0. The first-order valence-electron chi connectivity index (χ1n) is 5.66. The number of nitrogens with two attached hydrogens (primary N) is 1. The summed E-state index contributed by atoms with van der Waals surface area (Å²) in [5, 5.41) is 0. The molecule has 1 heterocycles. The molecular formula is C13H6BrF4N3. The predicted octanol–water partition coefficient (Wildman–Crippen LogP) is 3.93. The van der Waals surface area contributed by atoms with Crippen molar-refractivity contribution in [3.05, 3.63) is 52.0 Å². The smallest absolute Gasteiger partial charge is 0.205 e. The molecule has 0 radical (unpaired) electrons. The highest BCUT2D eigenvalue weighted by Crippen LogP contribution is 2.29. The number of benzene rings is 2. The Morgan fingerprint density at radius 3 is 2.19 bits per heavy atom. The summed E-state index contributed by atoms with van der Waals surface area (Å²) in [5.74, 6) is -4.94. The van der Waals surface area contributed by atoms with Gasteiger partial charge in [0.25, 0.3) is 0 Å². The number of nitrogen functional groups attached to an aromatic ring is 1. The van der Waals surface area contributed by atoms with Crippen LogP contribution in [0.2, 0.25) is 0 Å². The third-order valence-corrected chi connectivity index (χ3v) is 3.56. The van der Waals surface area contributed by atoms with Gasteiger partial charge in [0.2, 0.25) is 5.95 Å². The van der Waals surface area contributed by atoms with E-state index in [4.69, 9.17) is 5.73 Å². The number of rotatable bonds is 1. The number of halogens is 5. The maximum absolute atomic E-state index is 13.5. The molecule has 0 fully saturated rings. The molecule has 3 nitrogen and oxygen atoms in total. The first-order valence-corrected chi connectivity index (χ1v) is 6.45. The highest BCUT2D eigenvalue weighted by atomic mass is 79.9. The molecule has 3 rings (SSSR count). The minimum absolute atomic E-state index is 0.0510. The Morgan fingerprint density at radius 1 is 0.952 bits per heavy atom. The number of hydrogen-bond donors (Lipinski definition) is 1. The van der Waals surface area contributed by atoms with E-state index in [0.29, 0.717) is 5.52 Å². The number of aromatic nitrogens is 2. The molecule has 0 saturated carbocycles. The van der Waals surface area contributed by atoms with Crippen LogP contribution in [-0.2, 0) is 0 Å². The Kier molecular flexibility index (Phi) is 3.12. The summed E-state index contributed by atoms with van der Waals surface area (Å²) in [6, 6.07) is 4.07. The molecule has 1 aromatic heterocycles. The third kappa shape index (κ3) is 2.15. The van der Waals surface area contributed by atoms with Gasteiger partial charge in [-0.25, -0.2) is 22.5 Å². The van der Waals surface area contributed by atoms with Crippen LogP contribution in [0, 0.1) is 23.3 Å². The highest BCUT2D eigenvalue weighted by molar-refractivity contribution is 9.10. The molecule has 0 spiro atoms. The lowest BCUT2D eigenvalue weighted by Crippen LogP contribution is -2.03. The largest absolute Gasteiger partial charge is 0.369 e. The summed E-state index contributed by atoms with van der Waals surface area (Å²) in [5.41, 5.74) is 6.18. The second-order valence-electron chi connectivity index (χ2n) is 4.28. The molecule has 21 heavy (non-hydrogen) atoms. The van der Waals surface area contributed by atoms with Crippen molar-refractivity contribution in [2.45, 2.75) is 0 Å². The summed E-state index contributed by atoms with van der Waals surface area (Å²) in [4.78, 5) is 3.91. The SMILES string of the molecule is Nc1nc2cc(F)c(Br)cc2n1-c1cc(F)c(F)c(F)c1. The minimum Gasteiger partial charge on any atom is -0.369 e. The lowest BCUT2D eigenvalue weighted by molar-refractivity contribution is 0.446. The van der Waals surface area contributed by atoms with Gasteiger partial charge in [-0.1, -0.05) is 0 Å². The number of hydrogen-bond acceptors (Lipinski definition) is 2. The van der Waals surface area contributed by atoms with Gasteiger partial charge in [-0.05, 0) is 22.0 Å². The molecular weight excluding hydrogens is 354 g/mol. The number of anilines is 1. The molecule has 8 heteroatoms. The van der Waals surface area contributed by atoms with Gasteiger partial charge >= 0.3 is 0 Å². The Morgan fingerprint density at radius 2 is 1.57 bits per heavy atom. The first kappa shape index (κ1) is 13.9. The van der Waals surface area contributed by atoms with Gasteiger partial charge < -0.3 is 5.73 Å². The van der Waals surface area contributed by atoms with Gasteiger partial charge in [-0.15, -0.1) is 0 Å². The van der Waals surface area contributed by atoms with E-state index in [1.54, 1.807) is 0 Å². The molecule has 2 N–H and O–H groups in total. The quantitative estimate of drug-likeness (QED) is 0.528. The lowest BCUT2D eigenvalue weighted by atomic mass is 10.2. The lowest BCUT2D eigenvalue weighted by Gasteiger charge is -2.08. The summed E-state index contributed by atoms with van der Waals surface area (Å²) in [6.07, 6.45) is 0. The van der Waals surface area contributed by atoms with Crippen molar-refractivity contribution in [1.82, 2.24) is 9.55 Å². The topological polar surface area (TPSA) is 43.8 Å². The molecule has 0 aliphatic heterocycles. The van der Waals surface area contributed by atoms with Crippen LogP contribution in [-0.4, -0.2) is 9.55 Å². The zero-order valence-corrected chi connectivity index (χ0v) is 11.8. The van der Waals surface area contributed by atoms with E-state index in [0.717, 1.165) is 18.2 Å². The van der Waals surface area contributed by atoms with Crippen LogP contribution in [0.15, 0.2) is 28.7 Å². The van der Waals surface area contributed by atoms with Crippen LogP contribution in [0.4, 0.5) is 23.5 Å².